The number of nitriles is 1. The molecule has 0 amide bonds. The van der Waals surface area contributed by atoms with Gasteiger partial charge in [-0.3, -0.25) is 0 Å². The molecule has 6 aromatic carbocycles. The van der Waals surface area contributed by atoms with Crippen molar-refractivity contribution in [1.82, 2.24) is 9.13 Å². The highest BCUT2D eigenvalue weighted by Crippen LogP contribution is 2.44. The topological polar surface area (TPSA) is 38.0 Å². The number of aromatic nitrogens is 2. The number of benzene rings is 6. The Morgan fingerprint density at radius 1 is 0.571 bits per heavy atom. The van der Waals surface area contributed by atoms with Gasteiger partial charge in [0.05, 0.1) is 46.0 Å². The predicted octanol–water partition coefficient (Wildman–Crippen LogP) is 9.97. The molecular weight excluding hydrogens is 512 g/mol. The first-order chi connectivity index (χ1) is 20.8. The smallest absolute Gasteiger partial charge is 0.210 e. The van der Waals surface area contributed by atoms with Gasteiger partial charge in [-0.2, -0.15) is 5.26 Å². The fourth-order valence-electron chi connectivity index (χ4n) is 6.47. The van der Waals surface area contributed by atoms with E-state index in [9.17, 15) is 5.26 Å². The lowest BCUT2D eigenvalue weighted by Crippen LogP contribution is -1.96. The molecule has 0 bridgehead atoms. The molecule has 194 valence electrons. The largest absolute Gasteiger partial charge is 0.319 e. The van der Waals surface area contributed by atoms with Gasteiger partial charge in [-0.25, -0.2) is 4.85 Å². The van der Waals surface area contributed by atoms with E-state index < -0.39 is 0 Å². The van der Waals surface area contributed by atoms with E-state index in [4.69, 9.17) is 6.57 Å². The van der Waals surface area contributed by atoms with E-state index in [1.54, 1.807) is 0 Å². The van der Waals surface area contributed by atoms with Crippen molar-refractivity contribution in [3.8, 4) is 28.6 Å². The van der Waals surface area contributed by atoms with Crippen LogP contribution in [0.3, 0.4) is 0 Å². The Balaban J connectivity index is 1.54. The highest BCUT2D eigenvalue weighted by atomic mass is 15.0. The summed E-state index contributed by atoms with van der Waals surface area (Å²) in [6.45, 7) is 7.85. The van der Waals surface area contributed by atoms with Gasteiger partial charge >= 0.3 is 0 Å². The maximum absolute atomic E-state index is 9.69. The van der Waals surface area contributed by atoms with Crippen molar-refractivity contribution in [2.45, 2.75) is 0 Å². The monoisotopic (exact) mass is 534 g/mol. The molecule has 0 saturated carbocycles. The molecule has 0 N–H and O–H groups in total. The van der Waals surface area contributed by atoms with Crippen molar-refractivity contribution < 1.29 is 0 Å². The molecule has 4 heteroatoms. The minimum Gasteiger partial charge on any atom is -0.319 e. The third kappa shape index (κ3) is 3.33. The van der Waals surface area contributed by atoms with Gasteiger partial charge in [0.25, 0.3) is 0 Å². The van der Waals surface area contributed by atoms with E-state index in [2.05, 4.69) is 111 Å². The molecule has 0 atom stereocenters. The lowest BCUT2D eigenvalue weighted by Gasteiger charge is -2.13. The van der Waals surface area contributed by atoms with Gasteiger partial charge in [-0.15, -0.1) is 0 Å². The molecule has 0 aliphatic heterocycles. The highest BCUT2D eigenvalue weighted by Gasteiger charge is 2.21. The second-order valence-corrected chi connectivity index (χ2v) is 10.4. The Labute approximate surface area is 242 Å². The molecule has 0 radical (unpaired) electrons. The van der Waals surface area contributed by atoms with E-state index in [0.717, 1.165) is 66.1 Å². The second-order valence-electron chi connectivity index (χ2n) is 10.4. The fraction of sp³-hybridized carbons (Fsp3) is 0. The Kier molecular flexibility index (Phi) is 5.22. The molecular formula is C38H22N4. The maximum Gasteiger partial charge on any atom is 0.210 e. The van der Waals surface area contributed by atoms with E-state index in [1.807, 2.05) is 42.5 Å². The summed E-state index contributed by atoms with van der Waals surface area (Å²) >= 11 is 0. The molecule has 0 spiro atoms. The molecule has 8 aromatic rings. The average Bonchev–Trinajstić information content (AvgIpc) is 3.58. The number of fused-ring (bicyclic) bond motifs is 6. The minimum atomic E-state index is 0.616. The van der Waals surface area contributed by atoms with E-state index in [1.165, 1.54) is 0 Å². The third-order valence-corrected chi connectivity index (χ3v) is 8.16. The zero-order chi connectivity index (χ0) is 28.2. The summed E-state index contributed by atoms with van der Waals surface area (Å²) in [6, 6.07) is 47.8. The zero-order valence-electron chi connectivity index (χ0n) is 22.5. The molecule has 0 aliphatic rings. The molecule has 0 aliphatic carbocycles. The summed E-state index contributed by atoms with van der Waals surface area (Å²) in [5.74, 6) is 0. The van der Waals surface area contributed by atoms with Crippen molar-refractivity contribution in [3.63, 3.8) is 0 Å². The first kappa shape index (κ1) is 23.8. The number of hydrogen-bond donors (Lipinski definition) is 0. The van der Waals surface area contributed by atoms with Crippen LogP contribution in [0.2, 0.25) is 0 Å². The standard InChI is InChI=1S/C38H22N4/c1-40-32-18-4-7-21-35(32)42-34-20-6-3-14-31(34)37-28(15-10-22-36(37)42)30-17-9-16-29-27-13-2-5-19-33(27)41(38(29)30)26-12-8-11-25(23-26)24-39/h2-23H. The molecule has 0 saturated heterocycles. The van der Waals surface area contributed by atoms with Gasteiger partial charge in [0.1, 0.15) is 0 Å². The molecule has 0 fully saturated rings. The van der Waals surface area contributed by atoms with Crippen molar-refractivity contribution in [1.29, 1.82) is 5.26 Å². The summed E-state index contributed by atoms with van der Waals surface area (Å²) in [5.41, 5.74) is 9.60. The Morgan fingerprint density at radius 2 is 1.21 bits per heavy atom. The number of rotatable bonds is 3. The van der Waals surface area contributed by atoms with Gasteiger partial charge in [-0.05, 0) is 48.0 Å². The second kappa shape index (κ2) is 9.24. The van der Waals surface area contributed by atoms with Crippen molar-refractivity contribution in [2.24, 2.45) is 0 Å². The van der Waals surface area contributed by atoms with Crippen LogP contribution in [0.25, 0.3) is 71.0 Å². The zero-order valence-corrected chi connectivity index (χ0v) is 22.5. The van der Waals surface area contributed by atoms with Crippen LogP contribution in [0.4, 0.5) is 5.69 Å². The minimum absolute atomic E-state index is 0.616. The van der Waals surface area contributed by atoms with Crippen LogP contribution >= 0.6 is 0 Å². The van der Waals surface area contributed by atoms with Crippen LogP contribution in [-0.4, -0.2) is 9.13 Å². The molecule has 0 unspecified atom stereocenters. The SMILES string of the molecule is [C-]#[N+]c1ccccc1-n1c2ccccc2c2c(-c3cccc4c5ccccc5n(-c5cccc(C#N)c5)c34)cccc21. The van der Waals surface area contributed by atoms with Crippen molar-refractivity contribution >= 4 is 49.3 Å². The maximum atomic E-state index is 9.69. The van der Waals surface area contributed by atoms with Crippen LogP contribution in [0.5, 0.6) is 0 Å². The van der Waals surface area contributed by atoms with Gasteiger partial charge in [-0.1, -0.05) is 91.0 Å². The first-order valence-electron chi connectivity index (χ1n) is 13.8. The van der Waals surface area contributed by atoms with Crippen LogP contribution in [0.15, 0.2) is 133 Å². The summed E-state index contributed by atoms with van der Waals surface area (Å²) in [5, 5.41) is 14.3. The average molecular weight is 535 g/mol. The van der Waals surface area contributed by atoms with Crippen LogP contribution in [0.1, 0.15) is 5.56 Å². The molecule has 4 nitrogen and oxygen atoms in total. The lowest BCUT2D eigenvalue weighted by atomic mass is 9.97. The van der Waals surface area contributed by atoms with Crippen LogP contribution in [0, 0.1) is 17.9 Å². The van der Waals surface area contributed by atoms with Gasteiger partial charge in [0.15, 0.2) is 0 Å². The van der Waals surface area contributed by atoms with Crippen molar-refractivity contribution in [2.75, 3.05) is 0 Å². The summed E-state index contributed by atoms with van der Waals surface area (Å²) in [6.07, 6.45) is 0. The third-order valence-electron chi connectivity index (χ3n) is 8.16. The van der Waals surface area contributed by atoms with E-state index >= 15 is 0 Å². The van der Waals surface area contributed by atoms with Crippen LogP contribution < -0.4 is 0 Å². The quantitative estimate of drug-likeness (QED) is 0.208. The Morgan fingerprint density at radius 3 is 2.05 bits per heavy atom. The summed E-state index contributed by atoms with van der Waals surface area (Å²) in [4.78, 5) is 3.85. The van der Waals surface area contributed by atoms with E-state index in [-0.39, 0.29) is 0 Å². The Hall–Kier alpha value is -6.10. The number of nitrogens with zero attached hydrogens (tertiary/aromatic N) is 4. The van der Waals surface area contributed by atoms with Crippen LogP contribution in [-0.2, 0) is 0 Å². The van der Waals surface area contributed by atoms with Gasteiger partial charge in [0.2, 0.25) is 5.69 Å². The predicted molar refractivity (Wildman–Crippen MR) is 172 cm³/mol. The number of hydrogen-bond acceptors (Lipinski definition) is 1. The van der Waals surface area contributed by atoms with Crippen molar-refractivity contribution in [3.05, 3.63) is 150 Å². The normalized spacial score (nSPS) is 11.3. The fourth-order valence-corrected chi connectivity index (χ4v) is 6.47. The first-order valence-corrected chi connectivity index (χ1v) is 13.8. The van der Waals surface area contributed by atoms with Gasteiger partial charge in [0, 0.05) is 32.8 Å². The molecule has 2 heterocycles. The summed E-state index contributed by atoms with van der Waals surface area (Å²) < 4.78 is 4.50. The van der Waals surface area contributed by atoms with E-state index in [0.29, 0.717) is 11.3 Å². The molecule has 2 aromatic heterocycles. The highest BCUT2D eigenvalue weighted by molar-refractivity contribution is 6.20. The summed E-state index contributed by atoms with van der Waals surface area (Å²) in [7, 11) is 0. The Bertz CT molecular complexity index is 2440. The van der Waals surface area contributed by atoms with Gasteiger partial charge < -0.3 is 9.13 Å². The molecule has 8 rings (SSSR count). The lowest BCUT2D eigenvalue weighted by molar-refractivity contribution is 1.18. The number of para-hydroxylation sites is 5. The molecule has 42 heavy (non-hydrogen) atoms.